The first-order valence-electron chi connectivity index (χ1n) is 13.4. The number of carbonyl (C=O) groups excluding carboxylic acids is 2. The molecule has 6 nitrogen and oxygen atoms in total. The van der Waals surface area contributed by atoms with Crippen LogP contribution in [0, 0.1) is 0 Å². The number of hydrogen-bond acceptors (Lipinski definition) is 8. The van der Waals surface area contributed by atoms with E-state index in [1.807, 2.05) is 52.0 Å². The third-order valence-electron chi connectivity index (χ3n) is 7.57. The van der Waals surface area contributed by atoms with Crippen molar-refractivity contribution in [3.63, 3.8) is 0 Å². The summed E-state index contributed by atoms with van der Waals surface area (Å²) >= 11 is 3.59. The summed E-state index contributed by atoms with van der Waals surface area (Å²) in [4.78, 5) is 33.1. The van der Waals surface area contributed by atoms with E-state index in [4.69, 9.17) is 9.47 Å². The van der Waals surface area contributed by atoms with Crippen LogP contribution in [-0.4, -0.2) is 96.6 Å². The van der Waals surface area contributed by atoms with Gasteiger partial charge in [0.25, 0.3) is 0 Å². The van der Waals surface area contributed by atoms with Crippen LogP contribution in [0.1, 0.15) is 48.4 Å². The Kier molecular flexibility index (Phi) is 10.1. The average Bonchev–Trinajstić information content (AvgIpc) is 2.96. The van der Waals surface area contributed by atoms with Gasteiger partial charge in [-0.25, -0.2) is 0 Å². The highest BCUT2D eigenvalue weighted by molar-refractivity contribution is 8.03. The summed E-state index contributed by atoms with van der Waals surface area (Å²) in [6, 6.07) is 16.0. The van der Waals surface area contributed by atoms with Gasteiger partial charge in [-0.3, -0.25) is 19.4 Å². The van der Waals surface area contributed by atoms with Gasteiger partial charge < -0.3 is 9.47 Å². The van der Waals surface area contributed by atoms with Gasteiger partial charge in [0.1, 0.15) is 0 Å². The van der Waals surface area contributed by atoms with E-state index < -0.39 is 11.1 Å². The van der Waals surface area contributed by atoms with Crippen LogP contribution in [-0.2, 0) is 9.47 Å². The molecule has 2 aromatic rings. The van der Waals surface area contributed by atoms with Crippen LogP contribution < -0.4 is 0 Å². The Balaban J connectivity index is 1.23. The van der Waals surface area contributed by atoms with E-state index in [0.717, 1.165) is 58.6 Å². The van der Waals surface area contributed by atoms with E-state index in [0.29, 0.717) is 26.4 Å². The van der Waals surface area contributed by atoms with E-state index in [1.165, 1.54) is 0 Å². The second-order valence-corrected chi connectivity index (χ2v) is 13.1. The predicted molar refractivity (Wildman–Crippen MR) is 156 cm³/mol. The van der Waals surface area contributed by atoms with Gasteiger partial charge in [0.05, 0.1) is 37.5 Å². The van der Waals surface area contributed by atoms with Crippen LogP contribution in [0.25, 0.3) is 0 Å². The third-order valence-corrected chi connectivity index (χ3v) is 9.85. The SMILES string of the molecule is CC(C)(C(=O)c1ccc(SCCSc2ccc(C(=O)C(C)(C)N3CCOCC3)cc2)cc1)N1CCOCC1. The lowest BCUT2D eigenvalue weighted by atomic mass is 9.91. The Morgan fingerprint density at radius 1 is 0.632 bits per heavy atom. The molecule has 4 rings (SSSR count). The van der Waals surface area contributed by atoms with Crippen LogP contribution >= 0.6 is 23.5 Å². The standard InChI is InChI=1S/C30H40N2O4S2/c1-29(2,31-13-17-35-18-14-31)27(33)23-5-9-25(10-6-23)37-21-22-38-26-11-7-24(8-12-26)28(34)30(3,4)32-15-19-36-20-16-32/h5-12H,13-22H2,1-4H3. The molecule has 0 aromatic heterocycles. The van der Waals surface area contributed by atoms with Gasteiger partial charge in [-0.05, 0) is 52.0 Å². The number of rotatable bonds is 11. The summed E-state index contributed by atoms with van der Waals surface area (Å²) in [5, 5.41) is 0. The molecule has 8 heteroatoms. The molecule has 2 heterocycles. The quantitative estimate of drug-likeness (QED) is 0.214. The van der Waals surface area contributed by atoms with Gasteiger partial charge in [0, 0.05) is 58.6 Å². The highest BCUT2D eigenvalue weighted by Gasteiger charge is 2.37. The fraction of sp³-hybridized carbons (Fsp3) is 0.533. The maximum absolute atomic E-state index is 13.2. The number of nitrogens with zero attached hydrogens (tertiary/aromatic N) is 2. The predicted octanol–water partition coefficient (Wildman–Crippen LogP) is 5.16. The molecule has 2 aromatic carbocycles. The Labute approximate surface area is 235 Å². The lowest BCUT2D eigenvalue weighted by Crippen LogP contribution is -2.54. The zero-order valence-electron chi connectivity index (χ0n) is 23.0. The van der Waals surface area contributed by atoms with E-state index >= 15 is 0 Å². The molecule has 2 saturated heterocycles. The zero-order valence-corrected chi connectivity index (χ0v) is 24.7. The zero-order chi connectivity index (χ0) is 27.2. The van der Waals surface area contributed by atoms with E-state index in [9.17, 15) is 9.59 Å². The Hall–Kier alpha value is -1.68. The summed E-state index contributed by atoms with van der Waals surface area (Å²) < 4.78 is 10.9. The molecular weight excluding hydrogens is 516 g/mol. The minimum Gasteiger partial charge on any atom is -0.379 e. The fourth-order valence-electron chi connectivity index (χ4n) is 4.96. The molecule has 0 spiro atoms. The van der Waals surface area contributed by atoms with Crippen molar-refractivity contribution in [2.24, 2.45) is 0 Å². The van der Waals surface area contributed by atoms with Gasteiger partial charge in [-0.2, -0.15) is 0 Å². The maximum Gasteiger partial charge on any atom is 0.182 e. The van der Waals surface area contributed by atoms with Crippen molar-refractivity contribution in [1.29, 1.82) is 0 Å². The number of thioether (sulfide) groups is 2. The van der Waals surface area contributed by atoms with Crippen LogP contribution in [0.2, 0.25) is 0 Å². The molecule has 206 valence electrons. The number of carbonyl (C=O) groups is 2. The number of ether oxygens (including phenoxy) is 2. The van der Waals surface area contributed by atoms with Crippen molar-refractivity contribution in [3.8, 4) is 0 Å². The summed E-state index contributed by atoms with van der Waals surface area (Å²) in [6.45, 7) is 13.9. The first-order valence-corrected chi connectivity index (χ1v) is 15.4. The fourth-order valence-corrected chi connectivity index (χ4v) is 6.76. The normalized spacial score (nSPS) is 17.9. The molecule has 0 atom stereocenters. The van der Waals surface area contributed by atoms with Crippen molar-refractivity contribution < 1.29 is 19.1 Å². The third kappa shape index (κ3) is 7.09. The largest absolute Gasteiger partial charge is 0.379 e. The second-order valence-electron chi connectivity index (χ2n) is 10.7. The highest BCUT2D eigenvalue weighted by Crippen LogP contribution is 2.27. The summed E-state index contributed by atoms with van der Waals surface area (Å²) in [7, 11) is 0. The van der Waals surface area contributed by atoms with E-state index in [2.05, 4.69) is 34.1 Å². The number of ketones is 2. The van der Waals surface area contributed by atoms with E-state index in [1.54, 1.807) is 23.5 Å². The molecule has 2 aliphatic rings. The molecule has 2 aliphatic heterocycles. The van der Waals surface area contributed by atoms with Crippen LogP contribution in [0.15, 0.2) is 58.3 Å². The molecular formula is C30H40N2O4S2. The average molecular weight is 557 g/mol. The Bertz CT molecular complexity index is 987. The van der Waals surface area contributed by atoms with Gasteiger partial charge in [-0.15, -0.1) is 23.5 Å². The number of benzene rings is 2. The van der Waals surface area contributed by atoms with Crippen molar-refractivity contribution >= 4 is 35.1 Å². The Morgan fingerprint density at radius 2 is 0.947 bits per heavy atom. The van der Waals surface area contributed by atoms with Gasteiger partial charge in [-0.1, -0.05) is 24.3 Å². The molecule has 0 amide bonds. The first-order chi connectivity index (χ1) is 18.2. The molecule has 0 aliphatic carbocycles. The number of morpholine rings is 2. The lowest BCUT2D eigenvalue weighted by molar-refractivity contribution is -0.00443. The van der Waals surface area contributed by atoms with E-state index in [-0.39, 0.29) is 11.6 Å². The molecule has 0 radical (unpaired) electrons. The Morgan fingerprint density at radius 3 is 1.26 bits per heavy atom. The van der Waals surface area contributed by atoms with Gasteiger partial charge in [0.2, 0.25) is 0 Å². The molecule has 0 saturated carbocycles. The van der Waals surface area contributed by atoms with Crippen LogP contribution in [0.3, 0.4) is 0 Å². The van der Waals surface area contributed by atoms with Crippen molar-refractivity contribution in [3.05, 3.63) is 59.7 Å². The van der Waals surface area contributed by atoms with Crippen LogP contribution in [0.5, 0.6) is 0 Å². The van der Waals surface area contributed by atoms with Crippen molar-refractivity contribution in [2.75, 3.05) is 64.1 Å². The monoisotopic (exact) mass is 556 g/mol. The van der Waals surface area contributed by atoms with Crippen molar-refractivity contribution in [1.82, 2.24) is 9.80 Å². The highest BCUT2D eigenvalue weighted by atomic mass is 32.2. The van der Waals surface area contributed by atoms with Gasteiger partial charge in [0.15, 0.2) is 11.6 Å². The second kappa shape index (κ2) is 13.1. The van der Waals surface area contributed by atoms with Crippen LogP contribution in [0.4, 0.5) is 0 Å². The minimum absolute atomic E-state index is 0.154. The summed E-state index contributed by atoms with van der Waals surface area (Å²) in [5.74, 6) is 2.23. The van der Waals surface area contributed by atoms with Crippen molar-refractivity contribution in [2.45, 2.75) is 48.6 Å². The molecule has 0 bridgehead atoms. The maximum atomic E-state index is 13.2. The summed E-state index contributed by atoms with van der Waals surface area (Å²) in [6.07, 6.45) is 0. The molecule has 38 heavy (non-hydrogen) atoms. The number of Topliss-reactive ketones (excluding diaryl/α,β-unsaturated/α-hetero) is 2. The summed E-state index contributed by atoms with van der Waals surface area (Å²) in [5.41, 5.74) is 0.444. The lowest BCUT2D eigenvalue weighted by Gasteiger charge is -2.39. The van der Waals surface area contributed by atoms with Gasteiger partial charge >= 0.3 is 0 Å². The topological polar surface area (TPSA) is 59.1 Å². The smallest absolute Gasteiger partial charge is 0.182 e. The minimum atomic E-state index is -0.534. The molecule has 0 unspecified atom stereocenters. The number of hydrogen-bond donors (Lipinski definition) is 0. The molecule has 0 N–H and O–H groups in total. The first kappa shape index (κ1) is 29.3. The molecule has 2 fully saturated rings.